The van der Waals surface area contributed by atoms with Gasteiger partial charge in [0.1, 0.15) is 11.2 Å². The van der Waals surface area contributed by atoms with Gasteiger partial charge in [0, 0.05) is 23.4 Å². The van der Waals surface area contributed by atoms with Crippen molar-refractivity contribution in [2.24, 2.45) is 0 Å². The molecule has 0 saturated carbocycles. The highest BCUT2D eigenvalue weighted by atomic mass is 16.4. The molecule has 0 saturated heterocycles. The maximum Gasteiger partial charge on any atom is 0.343 e. The Morgan fingerprint density at radius 2 is 1.87 bits per heavy atom. The average molecular weight is 306 g/mol. The minimum absolute atomic E-state index is 0.257. The second-order valence-corrected chi connectivity index (χ2v) is 5.07. The van der Waals surface area contributed by atoms with Crippen molar-refractivity contribution in [3.05, 3.63) is 69.4 Å². The highest BCUT2D eigenvalue weighted by molar-refractivity contribution is 5.85. The van der Waals surface area contributed by atoms with E-state index in [2.05, 4.69) is 4.98 Å². The Bertz CT molecular complexity index is 1130. The van der Waals surface area contributed by atoms with E-state index >= 15 is 0 Å². The summed E-state index contributed by atoms with van der Waals surface area (Å²) in [5.74, 6) is 0.286. The van der Waals surface area contributed by atoms with Crippen molar-refractivity contribution >= 4 is 16.8 Å². The van der Waals surface area contributed by atoms with Crippen LogP contribution in [-0.4, -0.2) is 4.98 Å². The van der Waals surface area contributed by atoms with Crippen LogP contribution in [-0.2, 0) is 0 Å². The van der Waals surface area contributed by atoms with Crippen LogP contribution in [0.25, 0.3) is 33.7 Å². The van der Waals surface area contributed by atoms with Crippen molar-refractivity contribution < 1.29 is 8.83 Å². The summed E-state index contributed by atoms with van der Waals surface area (Å²) in [6.07, 6.45) is 1.28. The molecule has 4 rings (SSSR count). The predicted octanol–water partition coefficient (Wildman–Crippen LogP) is 2.50. The number of nitrogens with zero attached hydrogens (tertiary/aromatic N) is 1. The number of nitrogen functional groups attached to an aromatic ring is 1. The minimum Gasteiger partial charge on any atom is -0.453 e. The van der Waals surface area contributed by atoms with Gasteiger partial charge < -0.3 is 14.6 Å². The highest BCUT2D eigenvalue weighted by Gasteiger charge is 2.18. The quantitative estimate of drug-likeness (QED) is 0.428. The first-order valence-corrected chi connectivity index (χ1v) is 6.84. The zero-order valence-corrected chi connectivity index (χ0v) is 11.8. The van der Waals surface area contributed by atoms with E-state index in [0.29, 0.717) is 28.0 Å². The molecule has 0 amide bonds. The van der Waals surface area contributed by atoms with Crippen molar-refractivity contribution in [3.63, 3.8) is 0 Å². The molecule has 1 aliphatic carbocycles. The molecule has 0 spiro atoms. The van der Waals surface area contributed by atoms with Gasteiger partial charge in [-0.3, -0.25) is 4.79 Å². The van der Waals surface area contributed by atoms with Crippen LogP contribution in [0.15, 0.2) is 67.2 Å². The van der Waals surface area contributed by atoms with E-state index in [1.54, 1.807) is 30.3 Å². The summed E-state index contributed by atoms with van der Waals surface area (Å²) in [5.41, 5.74) is 7.53. The number of rotatable bonds is 1. The number of aromatic nitrogens is 1. The molecule has 23 heavy (non-hydrogen) atoms. The minimum atomic E-state index is -0.543. The molecule has 6 nitrogen and oxygen atoms in total. The van der Waals surface area contributed by atoms with Gasteiger partial charge in [-0.1, -0.05) is 0 Å². The van der Waals surface area contributed by atoms with Gasteiger partial charge in [0.25, 0.3) is 0 Å². The van der Waals surface area contributed by atoms with Crippen LogP contribution in [0, 0.1) is 0 Å². The molecule has 6 heteroatoms. The van der Waals surface area contributed by atoms with Crippen LogP contribution in [0.1, 0.15) is 0 Å². The van der Waals surface area contributed by atoms with Crippen molar-refractivity contribution in [3.8, 4) is 22.6 Å². The molecule has 2 aromatic rings. The third kappa shape index (κ3) is 2.17. The normalized spacial score (nSPS) is 11.1. The highest BCUT2D eigenvalue weighted by Crippen LogP contribution is 2.32. The lowest BCUT2D eigenvalue weighted by molar-refractivity contribution is 0.513. The molecule has 1 aliphatic heterocycles. The molecular formula is C17H10N2O4. The predicted molar refractivity (Wildman–Crippen MR) is 85.3 cm³/mol. The molecule has 0 fully saturated rings. The summed E-state index contributed by atoms with van der Waals surface area (Å²) >= 11 is 0. The molecule has 0 unspecified atom stereocenters. The summed E-state index contributed by atoms with van der Waals surface area (Å²) in [6, 6.07) is 10.9. The molecule has 2 aliphatic rings. The monoisotopic (exact) mass is 306 g/mol. The molecule has 2 heterocycles. The number of benzene rings is 2. The number of anilines is 1. The van der Waals surface area contributed by atoms with E-state index in [0.717, 1.165) is 0 Å². The topological polar surface area (TPSA) is 99.3 Å². The maximum atomic E-state index is 11.9. The molecule has 112 valence electrons. The summed E-state index contributed by atoms with van der Waals surface area (Å²) in [4.78, 5) is 28.4. The van der Waals surface area contributed by atoms with Crippen molar-refractivity contribution in [1.82, 2.24) is 4.98 Å². The van der Waals surface area contributed by atoms with E-state index in [9.17, 15) is 9.59 Å². The van der Waals surface area contributed by atoms with Gasteiger partial charge in [-0.25, -0.2) is 9.78 Å². The summed E-state index contributed by atoms with van der Waals surface area (Å²) in [5, 5.41) is 0. The lowest BCUT2D eigenvalue weighted by Crippen LogP contribution is -2.08. The summed E-state index contributed by atoms with van der Waals surface area (Å²) in [7, 11) is 0. The van der Waals surface area contributed by atoms with Gasteiger partial charge in [-0.2, -0.15) is 0 Å². The molecule has 0 radical (unpaired) electrons. The van der Waals surface area contributed by atoms with E-state index in [4.69, 9.17) is 14.6 Å². The first-order valence-electron chi connectivity index (χ1n) is 6.84. The summed E-state index contributed by atoms with van der Waals surface area (Å²) in [6.45, 7) is 0. The van der Waals surface area contributed by atoms with Crippen LogP contribution >= 0.6 is 0 Å². The Kier molecular flexibility index (Phi) is 2.77. The fourth-order valence-electron chi connectivity index (χ4n) is 2.49. The standard InChI is InChI=1S/C17H10N2O4/c18-9-3-4-13-14(6-9)23-15-8-10(20)7-12(16(15)19-13)11-2-1-5-22-17(11)21/h1-8H,18H2. The summed E-state index contributed by atoms with van der Waals surface area (Å²) < 4.78 is 10.6. The maximum absolute atomic E-state index is 11.9. The van der Waals surface area contributed by atoms with Gasteiger partial charge in [0.15, 0.2) is 16.8 Å². The van der Waals surface area contributed by atoms with Gasteiger partial charge in [-0.15, -0.1) is 0 Å². The van der Waals surface area contributed by atoms with Crippen LogP contribution in [0.5, 0.6) is 0 Å². The fraction of sp³-hybridized carbons (Fsp3) is 0. The Balaban J connectivity index is 2.13. The zero-order valence-electron chi connectivity index (χ0n) is 11.8. The van der Waals surface area contributed by atoms with Crippen LogP contribution in [0.2, 0.25) is 0 Å². The number of hydrogen-bond donors (Lipinski definition) is 1. The average Bonchev–Trinajstić information content (AvgIpc) is 2.53. The number of hydrogen-bond acceptors (Lipinski definition) is 6. The number of nitrogens with two attached hydrogens (primary N) is 1. The Morgan fingerprint density at radius 1 is 1.00 bits per heavy atom. The van der Waals surface area contributed by atoms with Crippen molar-refractivity contribution in [1.29, 1.82) is 0 Å². The molecule has 0 atom stereocenters. The van der Waals surface area contributed by atoms with Crippen molar-refractivity contribution in [2.75, 3.05) is 5.73 Å². The first-order chi connectivity index (χ1) is 11.1. The number of fused-ring (bicyclic) bond motifs is 2. The van der Waals surface area contributed by atoms with Gasteiger partial charge in [0.05, 0.1) is 11.8 Å². The SMILES string of the molecule is Nc1ccc2nc3c(-c4cccoc4=O)cc(=O)cc-3oc2c1. The molecule has 1 aromatic heterocycles. The Labute approximate surface area is 129 Å². The van der Waals surface area contributed by atoms with E-state index in [-0.39, 0.29) is 16.8 Å². The van der Waals surface area contributed by atoms with Gasteiger partial charge in [-0.05, 0) is 30.3 Å². The first kappa shape index (κ1) is 13.3. The van der Waals surface area contributed by atoms with Crippen LogP contribution in [0.3, 0.4) is 0 Å². The third-order valence-corrected chi connectivity index (χ3v) is 3.51. The van der Waals surface area contributed by atoms with E-state index < -0.39 is 5.63 Å². The second kappa shape index (κ2) is 4.81. The lowest BCUT2D eigenvalue weighted by Gasteiger charge is -2.10. The van der Waals surface area contributed by atoms with E-state index in [1.165, 1.54) is 18.4 Å². The van der Waals surface area contributed by atoms with Crippen LogP contribution in [0.4, 0.5) is 5.69 Å². The third-order valence-electron chi connectivity index (χ3n) is 3.51. The Hall–Kier alpha value is -3.41. The lowest BCUT2D eigenvalue weighted by atomic mass is 10.0. The molecule has 0 bridgehead atoms. The zero-order chi connectivity index (χ0) is 16.0. The second-order valence-electron chi connectivity index (χ2n) is 5.07. The van der Waals surface area contributed by atoms with Crippen LogP contribution < -0.4 is 16.8 Å². The smallest absolute Gasteiger partial charge is 0.343 e. The van der Waals surface area contributed by atoms with Gasteiger partial charge >= 0.3 is 5.63 Å². The molecule has 1 aromatic carbocycles. The Morgan fingerprint density at radius 3 is 2.70 bits per heavy atom. The molecule has 2 N–H and O–H groups in total. The van der Waals surface area contributed by atoms with Gasteiger partial charge in [0.2, 0.25) is 0 Å². The largest absolute Gasteiger partial charge is 0.453 e. The van der Waals surface area contributed by atoms with Crippen molar-refractivity contribution in [2.45, 2.75) is 0 Å². The van der Waals surface area contributed by atoms with E-state index in [1.807, 2.05) is 0 Å². The molecular weight excluding hydrogens is 296 g/mol. The fourth-order valence-corrected chi connectivity index (χ4v) is 2.49.